The maximum absolute atomic E-state index is 13.0. The molecule has 0 spiro atoms. The first kappa shape index (κ1) is 10.4. The third-order valence-corrected chi connectivity index (χ3v) is 1.50. The molecule has 2 N–H and O–H groups in total. The summed E-state index contributed by atoms with van der Waals surface area (Å²) in [5.74, 6) is -0.678. The summed E-state index contributed by atoms with van der Waals surface area (Å²) >= 11 is 0. The van der Waals surface area contributed by atoms with Gasteiger partial charge in [0.1, 0.15) is 12.4 Å². The molecular formula is C8H9FN2O3. The van der Waals surface area contributed by atoms with Crippen LogP contribution >= 0.6 is 0 Å². The molecule has 0 aliphatic carbocycles. The van der Waals surface area contributed by atoms with Gasteiger partial charge in [0.25, 0.3) is 0 Å². The zero-order valence-corrected chi connectivity index (χ0v) is 7.27. The number of nitrogens with zero attached hydrogens (tertiary/aromatic N) is 1. The van der Waals surface area contributed by atoms with E-state index >= 15 is 0 Å². The molecule has 0 atom stereocenters. The quantitative estimate of drug-likeness (QED) is 0.582. The number of nitro benzene ring substituents is 1. The van der Waals surface area contributed by atoms with Crippen molar-refractivity contribution in [3.63, 3.8) is 0 Å². The van der Waals surface area contributed by atoms with E-state index in [1.54, 1.807) is 0 Å². The first-order valence-corrected chi connectivity index (χ1v) is 3.92. The van der Waals surface area contributed by atoms with Crippen LogP contribution in [0.1, 0.15) is 0 Å². The van der Waals surface area contributed by atoms with Crippen molar-refractivity contribution in [2.45, 2.75) is 0 Å². The van der Waals surface area contributed by atoms with E-state index in [0.717, 1.165) is 12.1 Å². The lowest BCUT2D eigenvalue weighted by atomic mass is 10.3. The van der Waals surface area contributed by atoms with Crippen LogP contribution in [0.3, 0.4) is 0 Å². The zero-order valence-electron chi connectivity index (χ0n) is 7.27. The summed E-state index contributed by atoms with van der Waals surface area (Å²) in [4.78, 5) is 9.46. The van der Waals surface area contributed by atoms with E-state index in [2.05, 4.69) is 0 Å². The molecule has 5 nitrogen and oxygen atoms in total. The van der Waals surface area contributed by atoms with E-state index in [1.165, 1.54) is 6.07 Å². The zero-order chi connectivity index (χ0) is 10.6. The fourth-order valence-corrected chi connectivity index (χ4v) is 0.902. The van der Waals surface area contributed by atoms with Crippen molar-refractivity contribution in [2.75, 3.05) is 13.2 Å². The monoisotopic (exact) mass is 200 g/mol. The fraction of sp³-hybridized carbons (Fsp3) is 0.250. The third kappa shape index (κ3) is 2.40. The van der Waals surface area contributed by atoms with Crippen LogP contribution in [0.4, 0.5) is 10.1 Å². The van der Waals surface area contributed by atoms with E-state index in [0.29, 0.717) is 6.54 Å². The molecule has 0 aromatic heterocycles. The maximum Gasteiger partial charge on any atom is 0.305 e. The standard InChI is InChI=1S/C8H9FN2O3/c9-7-5-6(14-4-3-10)1-2-8(7)11(12)13/h1-2,5H,3-4,10H2. The number of ether oxygens (including phenoxy) is 1. The van der Waals surface area contributed by atoms with Crippen LogP contribution in [0.2, 0.25) is 0 Å². The Morgan fingerprint density at radius 2 is 2.29 bits per heavy atom. The largest absolute Gasteiger partial charge is 0.492 e. The molecule has 0 aliphatic heterocycles. The minimum atomic E-state index is -0.912. The number of hydrogen-bond acceptors (Lipinski definition) is 4. The molecule has 0 saturated carbocycles. The molecule has 0 aliphatic rings. The highest BCUT2D eigenvalue weighted by atomic mass is 19.1. The molecule has 0 bridgehead atoms. The van der Waals surface area contributed by atoms with E-state index in [1.807, 2.05) is 0 Å². The molecule has 1 aromatic rings. The van der Waals surface area contributed by atoms with Gasteiger partial charge in [0, 0.05) is 18.7 Å². The fourth-order valence-electron chi connectivity index (χ4n) is 0.902. The molecule has 14 heavy (non-hydrogen) atoms. The lowest BCUT2D eigenvalue weighted by Crippen LogP contribution is -2.10. The summed E-state index contributed by atoms with van der Waals surface area (Å²) in [6, 6.07) is 3.35. The average Bonchev–Trinajstić information content (AvgIpc) is 2.14. The highest BCUT2D eigenvalue weighted by Crippen LogP contribution is 2.21. The second-order valence-electron chi connectivity index (χ2n) is 2.51. The van der Waals surface area contributed by atoms with Crippen LogP contribution in [-0.4, -0.2) is 18.1 Å². The van der Waals surface area contributed by atoms with E-state index < -0.39 is 16.4 Å². The molecule has 6 heteroatoms. The number of halogens is 1. The number of nitro groups is 1. The molecule has 0 saturated heterocycles. The van der Waals surface area contributed by atoms with Gasteiger partial charge in [-0.3, -0.25) is 10.1 Å². The Bertz CT molecular complexity index is 343. The molecule has 76 valence electrons. The highest BCUT2D eigenvalue weighted by Gasteiger charge is 2.13. The van der Waals surface area contributed by atoms with Crippen LogP contribution in [0, 0.1) is 15.9 Å². The van der Waals surface area contributed by atoms with Gasteiger partial charge < -0.3 is 10.5 Å². The van der Waals surface area contributed by atoms with Gasteiger partial charge in [0.15, 0.2) is 0 Å². The average molecular weight is 200 g/mol. The Labute approximate surface area is 79.4 Å². The van der Waals surface area contributed by atoms with Crippen molar-refractivity contribution in [3.05, 3.63) is 34.1 Å². The molecule has 0 fully saturated rings. The minimum absolute atomic E-state index is 0.235. The normalized spacial score (nSPS) is 9.86. The lowest BCUT2D eigenvalue weighted by Gasteiger charge is -2.03. The molecule has 1 aromatic carbocycles. The molecule has 1 rings (SSSR count). The predicted molar refractivity (Wildman–Crippen MR) is 47.6 cm³/mol. The van der Waals surface area contributed by atoms with Gasteiger partial charge in [-0.2, -0.15) is 4.39 Å². The minimum Gasteiger partial charge on any atom is -0.492 e. The Morgan fingerprint density at radius 1 is 1.57 bits per heavy atom. The molecule has 0 amide bonds. The van der Waals surface area contributed by atoms with Crippen molar-refractivity contribution in [3.8, 4) is 5.75 Å². The van der Waals surface area contributed by atoms with Crippen molar-refractivity contribution in [1.82, 2.24) is 0 Å². The number of rotatable bonds is 4. The van der Waals surface area contributed by atoms with E-state index in [-0.39, 0.29) is 12.4 Å². The van der Waals surface area contributed by atoms with E-state index in [9.17, 15) is 14.5 Å². The SMILES string of the molecule is NCCOc1ccc([N+](=O)[O-])c(F)c1. The van der Waals surface area contributed by atoms with Crippen molar-refractivity contribution in [1.29, 1.82) is 0 Å². The van der Waals surface area contributed by atoms with Gasteiger partial charge in [-0.15, -0.1) is 0 Å². The number of nitrogens with two attached hydrogens (primary N) is 1. The first-order valence-electron chi connectivity index (χ1n) is 3.92. The Morgan fingerprint density at radius 3 is 2.79 bits per heavy atom. The lowest BCUT2D eigenvalue weighted by molar-refractivity contribution is -0.387. The molecule has 0 radical (unpaired) electrons. The van der Waals surface area contributed by atoms with Crippen LogP contribution in [0.25, 0.3) is 0 Å². The van der Waals surface area contributed by atoms with Crippen molar-refractivity contribution >= 4 is 5.69 Å². The van der Waals surface area contributed by atoms with Gasteiger partial charge in [0.2, 0.25) is 5.82 Å². The van der Waals surface area contributed by atoms with Crippen LogP contribution in [0.15, 0.2) is 18.2 Å². The van der Waals surface area contributed by atoms with E-state index in [4.69, 9.17) is 10.5 Å². The number of benzene rings is 1. The first-order chi connectivity index (χ1) is 6.65. The van der Waals surface area contributed by atoms with Crippen LogP contribution in [0.5, 0.6) is 5.75 Å². The maximum atomic E-state index is 13.0. The van der Waals surface area contributed by atoms with Gasteiger partial charge in [0.05, 0.1) is 4.92 Å². The summed E-state index contributed by atoms with van der Waals surface area (Å²) in [7, 11) is 0. The predicted octanol–water partition coefficient (Wildman–Crippen LogP) is 1.07. The summed E-state index contributed by atoms with van der Waals surface area (Å²) in [6.45, 7) is 0.551. The topological polar surface area (TPSA) is 78.4 Å². The second-order valence-corrected chi connectivity index (χ2v) is 2.51. The van der Waals surface area contributed by atoms with Crippen LogP contribution in [-0.2, 0) is 0 Å². The Balaban J connectivity index is 2.83. The summed E-state index contributed by atoms with van der Waals surface area (Å²) in [5.41, 5.74) is 4.60. The smallest absolute Gasteiger partial charge is 0.305 e. The van der Waals surface area contributed by atoms with Gasteiger partial charge in [-0.05, 0) is 6.07 Å². The Kier molecular flexibility index (Phi) is 3.35. The summed E-state index contributed by atoms with van der Waals surface area (Å²) in [6.07, 6.45) is 0. The van der Waals surface area contributed by atoms with Crippen molar-refractivity contribution < 1.29 is 14.1 Å². The van der Waals surface area contributed by atoms with Gasteiger partial charge >= 0.3 is 5.69 Å². The Hall–Kier alpha value is -1.69. The van der Waals surface area contributed by atoms with Crippen LogP contribution < -0.4 is 10.5 Å². The van der Waals surface area contributed by atoms with Gasteiger partial charge in [-0.1, -0.05) is 0 Å². The summed E-state index contributed by atoms with van der Waals surface area (Å²) in [5, 5.41) is 10.3. The molecule has 0 unspecified atom stereocenters. The van der Waals surface area contributed by atoms with Gasteiger partial charge in [-0.25, -0.2) is 0 Å². The summed E-state index contributed by atoms with van der Waals surface area (Å²) < 4.78 is 18.0. The second kappa shape index (κ2) is 4.52. The number of hydrogen-bond donors (Lipinski definition) is 1. The third-order valence-electron chi connectivity index (χ3n) is 1.50. The highest BCUT2D eigenvalue weighted by molar-refractivity contribution is 5.37. The van der Waals surface area contributed by atoms with Crippen molar-refractivity contribution in [2.24, 2.45) is 5.73 Å². The molecular weight excluding hydrogens is 191 g/mol. The molecule has 0 heterocycles.